The summed E-state index contributed by atoms with van der Waals surface area (Å²) >= 11 is 0. The van der Waals surface area contributed by atoms with E-state index in [2.05, 4.69) is 0 Å². The first kappa shape index (κ1) is 18.3. The van der Waals surface area contributed by atoms with Crippen LogP contribution in [0.25, 0.3) is 0 Å². The van der Waals surface area contributed by atoms with E-state index >= 15 is 0 Å². The molecule has 2 N–H and O–H groups in total. The Morgan fingerprint density at radius 2 is 1.78 bits per heavy atom. The summed E-state index contributed by atoms with van der Waals surface area (Å²) in [5.74, 6) is 0. The quantitative estimate of drug-likeness (QED) is 0.792. The zero-order valence-electron chi connectivity index (χ0n) is 13.3. The highest BCUT2D eigenvalue weighted by molar-refractivity contribution is 7.90. The molecule has 0 saturated carbocycles. The summed E-state index contributed by atoms with van der Waals surface area (Å²) in [6.45, 7) is 4.76. The average Bonchev–Trinajstić information content (AvgIpc) is 2.96. The molecule has 0 bridgehead atoms. The SMILES string of the molecule is CCN(CC)S(=O)(=O)c1cccc(S(=O)(=O)N2CCC(N)C2)c1. The standard InChI is InChI=1S/C14H23N3O4S2/c1-3-16(4-2)22(18,19)13-6-5-7-14(10-13)23(20,21)17-9-8-12(15)11-17/h5-7,10,12H,3-4,8-9,11,15H2,1-2H3. The van der Waals surface area contributed by atoms with E-state index in [0.29, 0.717) is 26.1 Å². The Kier molecular flexibility index (Phi) is 5.47. The van der Waals surface area contributed by atoms with Gasteiger partial charge in [0.1, 0.15) is 0 Å². The molecule has 0 amide bonds. The fraction of sp³-hybridized carbons (Fsp3) is 0.571. The molecule has 0 aromatic heterocycles. The van der Waals surface area contributed by atoms with E-state index in [-0.39, 0.29) is 22.4 Å². The van der Waals surface area contributed by atoms with Crippen molar-refractivity contribution in [2.24, 2.45) is 5.73 Å². The third kappa shape index (κ3) is 3.58. The number of hydrogen-bond acceptors (Lipinski definition) is 5. The molecule has 1 heterocycles. The van der Waals surface area contributed by atoms with E-state index in [1.807, 2.05) is 0 Å². The Balaban J connectivity index is 2.41. The van der Waals surface area contributed by atoms with E-state index in [1.54, 1.807) is 13.8 Å². The average molecular weight is 361 g/mol. The molecule has 1 aliphatic rings. The fourth-order valence-corrected chi connectivity index (χ4v) is 5.77. The van der Waals surface area contributed by atoms with Crippen LogP contribution < -0.4 is 5.73 Å². The third-order valence-electron chi connectivity index (χ3n) is 3.97. The zero-order chi connectivity index (χ0) is 17.3. The Morgan fingerprint density at radius 3 is 2.30 bits per heavy atom. The molecule has 1 atom stereocenters. The number of benzene rings is 1. The van der Waals surface area contributed by atoms with Crippen LogP contribution in [0.15, 0.2) is 34.1 Å². The topological polar surface area (TPSA) is 101 Å². The molecule has 1 unspecified atom stereocenters. The Morgan fingerprint density at radius 1 is 1.17 bits per heavy atom. The number of sulfonamides is 2. The van der Waals surface area contributed by atoms with Crippen LogP contribution in [-0.4, -0.2) is 57.7 Å². The second-order valence-corrected chi connectivity index (χ2v) is 9.35. The van der Waals surface area contributed by atoms with E-state index < -0.39 is 20.0 Å². The highest BCUT2D eigenvalue weighted by atomic mass is 32.2. The summed E-state index contributed by atoms with van der Waals surface area (Å²) in [6, 6.07) is 5.35. The van der Waals surface area contributed by atoms with Crippen LogP contribution in [0.3, 0.4) is 0 Å². The third-order valence-corrected chi connectivity index (χ3v) is 7.88. The van der Waals surface area contributed by atoms with Crippen molar-refractivity contribution in [3.05, 3.63) is 24.3 Å². The molecule has 2 rings (SSSR count). The molecule has 0 spiro atoms. The predicted molar refractivity (Wildman–Crippen MR) is 87.9 cm³/mol. The summed E-state index contributed by atoms with van der Waals surface area (Å²) in [6.07, 6.45) is 0.608. The van der Waals surface area contributed by atoms with Gasteiger partial charge in [0.2, 0.25) is 20.0 Å². The van der Waals surface area contributed by atoms with Crippen LogP contribution in [0, 0.1) is 0 Å². The first-order valence-electron chi connectivity index (χ1n) is 7.59. The largest absolute Gasteiger partial charge is 0.326 e. The lowest BCUT2D eigenvalue weighted by Crippen LogP contribution is -2.33. The van der Waals surface area contributed by atoms with Gasteiger partial charge in [0, 0.05) is 32.2 Å². The normalized spacial score (nSPS) is 20.3. The number of nitrogens with two attached hydrogens (primary N) is 1. The van der Waals surface area contributed by atoms with Crippen molar-refractivity contribution in [2.75, 3.05) is 26.2 Å². The van der Waals surface area contributed by atoms with Crippen molar-refractivity contribution >= 4 is 20.0 Å². The van der Waals surface area contributed by atoms with Crippen LogP contribution in [-0.2, 0) is 20.0 Å². The van der Waals surface area contributed by atoms with Gasteiger partial charge in [-0.25, -0.2) is 16.8 Å². The second-order valence-electron chi connectivity index (χ2n) is 5.48. The molecule has 7 nitrogen and oxygen atoms in total. The van der Waals surface area contributed by atoms with E-state index in [4.69, 9.17) is 5.73 Å². The second kappa shape index (κ2) is 6.86. The van der Waals surface area contributed by atoms with Gasteiger partial charge < -0.3 is 5.73 Å². The first-order chi connectivity index (χ1) is 10.7. The molecule has 23 heavy (non-hydrogen) atoms. The van der Waals surface area contributed by atoms with E-state index in [1.165, 1.54) is 32.9 Å². The van der Waals surface area contributed by atoms with Crippen molar-refractivity contribution in [2.45, 2.75) is 36.1 Å². The van der Waals surface area contributed by atoms with Gasteiger partial charge in [-0.1, -0.05) is 19.9 Å². The van der Waals surface area contributed by atoms with Crippen LogP contribution in [0.4, 0.5) is 0 Å². The maximum Gasteiger partial charge on any atom is 0.243 e. The van der Waals surface area contributed by atoms with Gasteiger partial charge in [0.15, 0.2) is 0 Å². The monoisotopic (exact) mass is 361 g/mol. The molecule has 0 radical (unpaired) electrons. The lowest BCUT2D eigenvalue weighted by Gasteiger charge is -2.20. The van der Waals surface area contributed by atoms with Crippen LogP contribution in [0.2, 0.25) is 0 Å². The highest BCUT2D eigenvalue weighted by Crippen LogP contribution is 2.24. The Labute approximate surface area is 138 Å². The van der Waals surface area contributed by atoms with Gasteiger partial charge in [-0.15, -0.1) is 0 Å². The van der Waals surface area contributed by atoms with Crippen molar-refractivity contribution < 1.29 is 16.8 Å². The van der Waals surface area contributed by atoms with Gasteiger partial charge in [0.25, 0.3) is 0 Å². The van der Waals surface area contributed by atoms with Gasteiger partial charge >= 0.3 is 0 Å². The first-order valence-corrected chi connectivity index (χ1v) is 10.5. The van der Waals surface area contributed by atoms with Gasteiger partial charge in [-0.05, 0) is 24.6 Å². The molecule has 9 heteroatoms. The summed E-state index contributed by atoms with van der Waals surface area (Å²) < 4.78 is 53.0. The van der Waals surface area contributed by atoms with Crippen LogP contribution in [0.5, 0.6) is 0 Å². The number of nitrogens with zero attached hydrogens (tertiary/aromatic N) is 2. The molecule has 1 aromatic carbocycles. The van der Waals surface area contributed by atoms with Gasteiger partial charge in [0.05, 0.1) is 9.79 Å². The smallest absolute Gasteiger partial charge is 0.243 e. The minimum atomic E-state index is -3.72. The summed E-state index contributed by atoms with van der Waals surface area (Å²) in [4.78, 5) is -0.0226. The molecule has 130 valence electrons. The minimum Gasteiger partial charge on any atom is -0.326 e. The maximum absolute atomic E-state index is 12.6. The number of rotatable bonds is 6. The maximum atomic E-state index is 12.6. The minimum absolute atomic E-state index is 0.00855. The molecule has 1 fully saturated rings. The Hall–Kier alpha value is -1.00. The van der Waals surface area contributed by atoms with Crippen LogP contribution in [0.1, 0.15) is 20.3 Å². The zero-order valence-corrected chi connectivity index (χ0v) is 15.0. The summed E-state index contributed by atoms with van der Waals surface area (Å²) in [5.41, 5.74) is 5.77. The van der Waals surface area contributed by atoms with Crippen LogP contribution >= 0.6 is 0 Å². The summed E-state index contributed by atoms with van der Waals surface area (Å²) in [5, 5.41) is 0. The molecule has 1 aliphatic heterocycles. The fourth-order valence-electron chi connectivity index (χ4n) is 2.63. The van der Waals surface area contributed by atoms with E-state index in [0.717, 1.165) is 0 Å². The van der Waals surface area contributed by atoms with Gasteiger partial charge in [-0.3, -0.25) is 0 Å². The highest BCUT2D eigenvalue weighted by Gasteiger charge is 2.32. The van der Waals surface area contributed by atoms with Crippen molar-refractivity contribution in [3.63, 3.8) is 0 Å². The molecule has 1 aromatic rings. The van der Waals surface area contributed by atoms with Crippen molar-refractivity contribution in [1.29, 1.82) is 0 Å². The molecule has 1 saturated heterocycles. The lowest BCUT2D eigenvalue weighted by molar-refractivity contribution is 0.445. The molecular formula is C14H23N3O4S2. The summed E-state index contributed by atoms with van der Waals surface area (Å²) in [7, 11) is -7.42. The lowest BCUT2D eigenvalue weighted by atomic mass is 10.3. The number of hydrogen-bond donors (Lipinski definition) is 1. The van der Waals surface area contributed by atoms with Gasteiger partial charge in [-0.2, -0.15) is 8.61 Å². The molecular weight excluding hydrogens is 338 g/mol. The Bertz CT molecular complexity index is 758. The van der Waals surface area contributed by atoms with E-state index in [9.17, 15) is 16.8 Å². The van der Waals surface area contributed by atoms with Crippen molar-refractivity contribution in [3.8, 4) is 0 Å². The molecule has 0 aliphatic carbocycles. The predicted octanol–water partition coefficient (Wildman–Crippen LogP) is 0.439. The van der Waals surface area contributed by atoms with Crippen molar-refractivity contribution in [1.82, 2.24) is 8.61 Å².